The highest BCUT2D eigenvalue weighted by Gasteiger charge is 2.38. The summed E-state index contributed by atoms with van der Waals surface area (Å²) in [5, 5.41) is 16.6. The molecule has 1 aliphatic rings. The second kappa shape index (κ2) is 12.1. The van der Waals surface area contributed by atoms with E-state index in [0.717, 1.165) is 17.3 Å². The first kappa shape index (κ1) is 26.5. The summed E-state index contributed by atoms with van der Waals surface area (Å²) in [4.78, 5) is 37.4. The van der Waals surface area contributed by atoms with E-state index >= 15 is 0 Å². The van der Waals surface area contributed by atoms with Gasteiger partial charge in [0.1, 0.15) is 5.76 Å². The van der Waals surface area contributed by atoms with E-state index < -0.39 is 11.9 Å². The molecule has 0 saturated heterocycles. The monoisotopic (exact) mass is 527 g/mol. The van der Waals surface area contributed by atoms with Gasteiger partial charge in [0, 0.05) is 11.3 Å². The molecule has 1 amide bonds. The molecule has 9 heteroatoms. The molecule has 0 saturated carbocycles. The van der Waals surface area contributed by atoms with Crippen LogP contribution < -0.4 is 10.6 Å². The smallest absolute Gasteiger partial charge is 0.337 e. The maximum Gasteiger partial charge on any atom is 0.337 e. The highest BCUT2D eigenvalue weighted by Crippen LogP contribution is 2.43. The number of hydrogen-bond acceptors (Lipinski definition) is 8. The summed E-state index contributed by atoms with van der Waals surface area (Å²) in [6.45, 7) is 3.35. The van der Waals surface area contributed by atoms with Gasteiger partial charge in [0.2, 0.25) is 5.91 Å². The van der Waals surface area contributed by atoms with Crippen LogP contribution in [0, 0.1) is 11.3 Å². The number of esters is 1. The number of ether oxygens (including phenoxy) is 1. The van der Waals surface area contributed by atoms with Crippen LogP contribution in [-0.4, -0.2) is 30.0 Å². The van der Waals surface area contributed by atoms with Crippen LogP contribution in [0.5, 0.6) is 0 Å². The fraction of sp³-hybridized carbons (Fsp3) is 0.172. The first-order valence-electron chi connectivity index (χ1n) is 11.9. The zero-order valence-corrected chi connectivity index (χ0v) is 21.6. The van der Waals surface area contributed by atoms with E-state index in [9.17, 15) is 19.6 Å². The maximum absolute atomic E-state index is 13.2. The third-order valence-corrected chi connectivity index (χ3v) is 6.78. The van der Waals surface area contributed by atoms with Gasteiger partial charge in [-0.05, 0) is 55.8 Å². The summed E-state index contributed by atoms with van der Waals surface area (Å²) in [7, 11) is 0. The lowest BCUT2D eigenvalue weighted by molar-refractivity contribution is -0.138. The zero-order valence-electron chi connectivity index (χ0n) is 20.8. The van der Waals surface area contributed by atoms with Crippen molar-refractivity contribution in [2.45, 2.75) is 19.8 Å². The number of carbonyl (C=O) groups is 3. The van der Waals surface area contributed by atoms with Crippen LogP contribution in [0.15, 0.2) is 93.6 Å². The molecule has 0 aliphatic carbocycles. The number of nitrogens with zero attached hydrogens (tertiary/aromatic N) is 1. The van der Waals surface area contributed by atoms with Gasteiger partial charge in [0.15, 0.2) is 5.78 Å². The van der Waals surface area contributed by atoms with Crippen molar-refractivity contribution < 1.29 is 23.5 Å². The fourth-order valence-corrected chi connectivity index (χ4v) is 4.86. The molecule has 2 heterocycles. The van der Waals surface area contributed by atoms with Crippen LogP contribution in [0.1, 0.15) is 41.4 Å². The van der Waals surface area contributed by atoms with Crippen molar-refractivity contribution in [3.05, 3.63) is 106 Å². The molecule has 192 valence electrons. The van der Waals surface area contributed by atoms with Gasteiger partial charge in [-0.3, -0.25) is 9.59 Å². The molecule has 0 radical (unpaired) electrons. The molecular weight excluding hydrogens is 502 g/mol. The molecule has 0 spiro atoms. The average Bonchev–Trinajstić information content (AvgIpc) is 3.46. The Hall–Kier alpha value is -4.55. The Morgan fingerprint density at radius 3 is 2.42 bits per heavy atom. The normalized spacial score (nSPS) is 14.9. The standard InChI is InChI=1S/C29H25N3O5S/c1-3-36-29(35)26-25(23-10-7-15-37-23)22(16-30)28(32-27(26)20-8-5-4-6-9-20)38-17-24(34)31-21-13-11-19(12-14-21)18(2)33/h4-15,25,32H,3,17H2,1-2H3,(H,31,34)/t25-/m0/s1. The van der Waals surface area contributed by atoms with E-state index in [1.807, 2.05) is 30.3 Å². The molecule has 0 bridgehead atoms. The van der Waals surface area contributed by atoms with Crippen LogP contribution in [-0.2, 0) is 14.3 Å². The minimum Gasteiger partial charge on any atom is -0.468 e. The van der Waals surface area contributed by atoms with Gasteiger partial charge in [-0.2, -0.15) is 5.26 Å². The molecule has 0 unspecified atom stereocenters. The summed E-state index contributed by atoms with van der Waals surface area (Å²) in [5.74, 6) is -1.35. The van der Waals surface area contributed by atoms with Crippen molar-refractivity contribution >= 4 is 40.8 Å². The lowest BCUT2D eigenvalue weighted by Gasteiger charge is -2.29. The van der Waals surface area contributed by atoms with Crippen LogP contribution in [0.3, 0.4) is 0 Å². The Morgan fingerprint density at radius 2 is 1.82 bits per heavy atom. The van der Waals surface area contributed by atoms with E-state index in [0.29, 0.717) is 27.7 Å². The largest absolute Gasteiger partial charge is 0.468 e. The summed E-state index contributed by atoms with van der Waals surface area (Å²) in [6.07, 6.45) is 1.48. The van der Waals surface area contributed by atoms with Crippen molar-refractivity contribution in [3.8, 4) is 6.07 Å². The van der Waals surface area contributed by atoms with Crippen LogP contribution >= 0.6 is 11.8 Å². The van der Waals surface area contributed by atoms with Crippen molar-refractivity contribution in [2.75, 3.05) is 17.7 Å². The molecule has 1 aliphatic heterocycles. The average molecular weight is 528 g/mol. The van der Waals surface area contributed by atoms with Crippen molar-refractivity contribution in [1.29, 1.82) is 5.26 Å². The Balaban J connectivity index is 1.66. The molecule has 8 nitrogen and oxygen atoms in total. The van der Waals surface area contributed by atoms with Gasteiger partial charge >= 0.3 is 5.97 Å². The number of allylic oxidation sites excluding steroid dienone is 1. The lowest BCUT2D eigenvalue weighted by Crippen LogP contribution is -2.29. The first-order chi connectivity index (χ1) is 18.4. The molecule has 1 aromatic heterocycles. The number of carbonyl (C=O) groups excluding carboxylic acids is 3. The van der Waals surface area contributed by atoms with Crippen molar-refractivity contribution in [2.24, 2.45) is 0 Å². The third kappa shape index (κ3) is 5.88. The van der Waals surface area contributed by atoms with Gasteiger partial charge in [-0.15, -0.1) is 0 Å². The Labute approximate surface area is 224 Å². The minimum absolute atomic E-state index is 0.0103. The number of anilines is 1. The predicted molar refractivity (Wildman–Crippen MR) is 145 cm³/mol. The van der Waals surface area contributed by atoms with E-state index in [-0.39, 0.29) is 35.2 Å². The second-order valence-corrected chi connectivity index (χ2v) is 9.26. The number of nitriles is 1. The molecule has 0 fully saturated rings. The number of hydrogen-bond donors (Lipinski definition) is 2. The molecule has 1 atom stereocenters. The van der Waals surface area contributed by atoms with Gasteiger partial charge in [-0.25, -0.2) is 4.79 Å². The summed E-state index contributed by atoms with van der Waals surface area (Å²) < 4.78 is 11.0. The topological polar surface area (TPSA) is 121 Å². The summed E-state index contributed by atoms with van der Waals surface area (Å²) in [6, 6.07) is 21.5. The Bertz CT molecular complexity index is 1440. The predicted octanol–water partition coefficient (Wildman–Crippen LogP) is 5.25. The van der Waals surface area contributed by atoms with E-state index in [1.165, 1.54) is 13.2 Å². The molecule has 3 aromatic rings. The van der Waals surface area contributed by atoms with Crippen LogP contribution in [0.4, 0.5) is 5.69 Å². The third-order valence-electron chi connectivity index (χ3n) is 5.76. The fourth-order valence-electron chi connectivity index (χ4n) is 4.02. The number of dihydropyridines is 1. The number of benzene rings is 2. The molecule has 38 heavy (non-hydrogen) atoms. The van der Waals surface area contributed by atoms with Gasteiger partial charge in [0.25, 0.3) is 0 Å². The van der Waals surface area contributed by atoms with E-state index in [1.54, 1.807) is 43.3 Å². The zero-order chi connectivity index (χ0) is 27.1. The number of nitrogens with one attached hydrogen (secondary N) is 2. The van der Waals surface area contributed by atoms with Crippen LogP contribution in [0.2, 0.25) is 0 Å². The maximum atomic E-state index is 13.2. The van der Waals surface area contributed by atoms with E-state index in [2.05, 4.69) is 16.7 Å². The van der Waals surface area contributed by atoms with Crippen molar-refractivity contribution in [1.82, 2.24) is 5.32 Å². The summed E-state index contributed by atoms with van der Waals surface area (Å²) in [5.41, 5.74) is 2.79. The lowest BCUT2D eigenvalue weighted by atomic mass is 9.84. The van der Waals surface area contributed by atoms with Gasteiger partial charge < -0.3 is 19.8 Å². The SMILES string of the molecule is CCOC(=O)C1=C(c2ccccc2)NC(SCC(=O)Nc2ccc(C(C)=O)cc2)=C(C#N)[C@H]1c1ccco1. The van der Waals surface area contributed by atoms with Crippen molar-refractivity contribution in [3.63, 3.8) is 0 Å². The number of furan rings is 1. The Kier molecular flexibility index (Phi) is 8.46. The van der Waals surface area contributed by atoms with Gasteiger partial charge in [0.05, 0.1) is 52.5 Å². The summed E-state index contributed by atoms with van der Waals surface area (Å²) >= 11 is 1.14. The molecule has 4 rings (SSSR count). The highest BCUT2D eigenvalue weighted by molar-refractivity contribution is 8.03. The number of rotatable bonds is 9. The number of ketones is 1. The minimum atomic E-state index is -0.824. The molecule has 2 aromatic carbocycles. The van der Waals surface area contributed by atoms with Crippen LogP contribution in [0.25, 0.3) is 5.70 Å². The Morgan fingerprint density at radius 1 is 1.08 bits per heavy atom. The number of thioether (sulfide) groups is 1. The number of amides is 1. The van der Waals surface area contributed by atoms with E-state index in [4.69, 9.17) is 9.15 Å². The highest BCUT2D eigenvalue weighted by atomic mass is 32.2. The molecular formula is C29H25N3O5S. The number of Topliss-reactive ketones (excluding diaryl/α,β-unsaturated/α-hetero) is 1. The second-order valence-electron chi connectivity index (χ2n) is 8.27. The first-order valence-corrected chi connectivity index (χ1v) is 12.9. The van der Waals surface area contributed by atoms with Gasteiger partial charge in [-0.1, -0.05) is 42.1 Å². The molecule has 2 N–H and O–H groups in total. The quantitative estimate of drug-likeness (QED) is 0.286.